The Morgan fingerprint density at radius 3 is 0.414 bits per heavy atom. The van der Waals surface area contributed by atoms with E-state index in [4.69, 9.17) is 0 Å². The van der Waals surface area contributed by atoms with Crippen LogP contribution in [0.4, 0.5) is 0 Å². The third-order valence-electron chi connectivity index (χ3n) is 13.2. The van der Waals surface area contributed by atoms with E-state index in [-0.39, 0.29) is 0 Å². The maximum Gasteiger partial charge on any atom is 0.0110 e. The van der Waals surface area contributed by atoms with Gasteiger partial charge in [0.1, 0.15) is 0 Å². The zero-order valence-corrected chi connectivity index (χ0v) is 41.7. The van der Waals surface area contributed by atoms with Gasteiger partial charge >= 0.3 is 0 Å². The molecule has 4 nitrogen and oxygen atoms in total. The lowest BCUT2D eigenvalue weighted by Gasteiger charge is -2.32. The normalized spacial score (nSPS) is 12.1. The lowest BCUT2D eigenvalue weighted by molar-refractivity contribution is 0.155. The van der Waals surface area contributed by atoms with E-state index in [0.717, 1.165) is 0 Å². The summed E-state index contributed by atoms with van der Waals surface area (Å²) in [4.78, 5) is 11.6. The highest BCUT2D eigenvalue weighted by Gasteiger charge is 2.14. The largest absolute Gasteiger partial charge is 0.302 e. The summed E-state index contributed by atoms with van der Waals surface area (Å²) in [6, 6.07) is 0. The van der Waals surface area contributed by atoms with Crippen LogP contribution < -0.4 is 0 Å². The van der Waals surface area contributed by atoms with E-state index in [1.165, 1.54) is 310 Å². The molecule has 0 saturated carbocycles. The first kappa shape index (κ1) is 57.8. The van der Waals surface area contributed by atoms with Crippen LogP contribution in [0.5, 0.6) is 0 Å². The zero-order valence-electron chi connectivity index (χ0n) is 41.7. The fraction of sp³-hybridized carbons (Fsp3) is 1.00. The third kappa shape index (κ3) is 42.5. The Morgan fingerprint density at radius 1 is 0.138 bits per heavy atom. The SMILES string of the molecule is CCCCCCCCN(CCCCCCCC)CCN(CCCCCCCC)CCN(CCCCCCCC)CCN(CCCCCCCC)CCCCCCCC. The van der Waals surface area contributed by atoms with E-state index in [0.29, 0.717) is 0 Å². The van der Waals surface area contributed by atoms with Gasteiger partial charge in [-0.3, -0.25) is 0 Å². The number of hydrogen-bond donors (Lipinski definition) is 0. The molecule has 0 spiro atoms. The Bertz CT molecular complexity index is 638. The first-order valence-electron chi connectivity index (χ1n) is 27.5. The van der Waals surface area contributed by atoms with Crippen molar-refractivity contribution in [2.75, 3.05) is 78.5 Å². The van der Waals surface area contributed by atoms with Crippen molar-refractivity contribution in [3.05, 3.63) is 0 Å². The molecule has 58 heavy (non-hydrogen) atoms. The van der Waals surface area contributed by atoms with Gasteiger partial charge in [-0.1, -0.05) is 234 Å². The second kappa shape index (κ2) is 49.5. The Labute approximate surface area is 369 Å². The molecule has 0 aromatic heterocycles. The highest BCUT2D eigenvalue weighted by molar-refractivity contribution is 4.71. The van der Waals surface area contributed by atoms with Gasteiger partial charge in [-0.05, 0) is 77.8 Å². The Morgan fingerprint density at radius 2 is 0.259 bits per heavy atom. The van der Waals surface area contributed by atoms with Crippen molar-refractivity contribution >= 4 is 0 Å². The monoisotopic (exact) mass is 819 g/mol. The van der Waals surface area contributed by atoms with E-state index in [9.17, 15) is 0 Å². The van der Waals surface area contributed by atoms with Crippen molar-refractivity contribution in [3.63, 3.8) is 0 Å². The van der Waals surface area contributed by atoms with Crippen LogP contribution in [0, 0.1) is 0 Å². The van der Waals surface area contributed by atoms with Gasteiger partial charge in [0.2, 0.25) is 0 Å². The van der Waals surface area contributed by atoms with Gasteiger partial charge in [-0.15, -0.1) is 0 Å². The minimum atomic E-state index is 1.27. The highest BCUT2D eigenvalue weighted by Crippen LogP contribution is 2.13. The maximum atomic E-state index is 2.92. The van der Waals surface area contributed by atoms with Crippen LogP contribution in [0.3, 0.4) is 0 Å². The summed E-state index contributed by atoms with van der Waals surface area (Å²) in [5.41, 5.74) is 0. The molecular formula is C54H114N4. The summed E-state index contributed by atoms with van der Waals surface area (Å²) in [5.74, 6) is 0. The number of unbranched alkanes of at least 4 members (excludes halogenated alkanes) is 30. The summed E-state index contributed by atoms with van der Waals surface area (Å²) in [5, 5.41) is 0. The molecular weight excluding hydrogens is 705 g/mol. The smallest absolute Gasteiger partial charge is 0.0110 e. The molecule has 0 aromatic carbocycles. The lowest BCUT2D eigenvalue weighted by Crippen LogP contribution is -2.43. The summed E-state index contributed by atoms with van der Waals surface area (Å²) < 4.78 is 0. The summed E-state index contributed by atoms with van der Waals surface area (Å²) >= 11 is 0. The van der Waals surface area contributed by atoms with E-state index in [1.807, 2.05) is 0 Å². The Balaban J connectivity index is 5.62. The van der Waals surface area contributed by atoms with Crippen LogP contribution in [-0.4, -0.2) is 98.1 Å². The molecule has 0 aliphatic heterocycles. The van der Waals surface area contributed by atoms with Crippen LogP contribution in [0.25, 0.3) is 0 Å². The highest BCUT2D eigenvalue weighted by atomic mass is 15.2. The van der Waals surface area contributed by atoms with Gasteiger partial charge in [0.15, 0.2) is 0 Å². The summed E-state index contributed by atoms with van der Waals surface area (Å²) in [6.07, 6.45) is 50.8. The molecule has 0 unspecified atom stereocenters. The van der Waals surface area contributed by atoms with Gasteiger partial charge < -0.3 is 19.6 Å². The van der Waals surface area contributed by atoms with E-state index in [1.54, 1.807) is 0 Å². The second-order valence-electron chi connectivity index (χ2n) is 19.0. The molecule has 4 heteroatoms. The number of rotatable bonds is 51. The van der Waals surface area contributed by atoms with Gasteiger partial charge in [0, 0.05) is 39.3 Å². The predicted octanol–water partition coefficient (Wildman–Crippen LogP) is 16.4. The van der Waals surface area contributed by atoms with Crippen LogP contribution in [0.2, 0.25) is 0 Å². The Kier molecular flexibility index (Phi) is 49.4. The molecule has 0 N–H and O–H groups in total. The van der Waals surface area contributed by atoms with Crippen molar-refractivity contribution in [2.45, 2.75) is 273 Å². The molecule has 0 fully saturated rings. The van der Waals surface area contributed by atoms with Gasteiger partial charge in [0.25, 0.3) is 0 Å². The molecule has 0 amide bonds. The molecule has 0 bridgehead atoms. The summed E-state index contributed by atoms with van der Waals surface area (Å²) in [7, 11) is 0. The fourth-order valence-corrected chi connectivity index (χ4v) is 8.88. The maximum absolute atomic E-state index is 2.92. The number of nitrogens with zero attached hydrogens (tertiary/aromatic N) is 4. The van der Waals surface area contributed by atoms with Crippen LogP contribution in [0.1, 0.15) is 273 Å². The molecule has 0 aromatic rings. The van der Waals surface area contributed by atoms with Gasteiger partial charge in [-0.25, -0.2) is 0 Å². The minimum absolute atomic E-state index is 1.27. The fourth-order valence-electron chi connectivity index (χ4n) is 8.88. The van der Waals surface area contributed by atoms with Crippen molar-refractivity contribution in [1.82, 2.24) is 19.6 Å². The minimum Gasteiger partial charge on any atom is -0.302 e. The van der Waals surface area contributed by atoms with E-state index >= 15 is 0 Å². The average molecular weight is 820 g/mol. The van der Waals surface area contributed by atoms with Gasteiger partial charge in [-0.2, -0.15) is 0 Å². The molecule has 0 atom stereocenters. The summed E-state index contributed by atoms with van der Waals surface area (Å²) in [6.45, 7) is 29.6. The molecule has 0 heterocycles. The molecule has 350 valence electrons. The predicted molar refractivity (Wildman–Crippen MR) is 266 cm³/mol. The standard InChI is InChI=1S/C54H114N4/c1-7-13-19-25-31-37-43-55(44-38-32-26-20-14-8-2)49-51-57(47-41-35-29-23-17-11-5)53-54-58(48-42-36-30-24-18-12-6)52-50-56(45-39-33-27-21-15-9-3)46-40-34-28-22-16-10-4/h7-54H2,1-6H3. The number of hydrogen-bond acceptors (Lipinski definition) is 4. The quantitative estimate of drug-likeness (QED) is 0.0567. The molecule has 0 saturated heterocycles. The van der Waals surface area contributed by atoms with Crippen molar-refractivity contribution in [1.29, 1.82) is 0 Å². The second-order valence-corrected chi connectivity index (χ2v) is 19.0. The van der Waals surface area contributed by atoms with Crippen molar-refractivity contribution < 1.29 is 0 Å². The molecule has 0 aliphatic rings. The molecule has 0 aliphatic carbocycles. The molecule has 0 radical (unpaired) electrons. The Hall–Kier alpha value is -0.160. The van der Waals surface area contributed by atoms with Crippen LogP contribution >= 0.6 is 0 Å². The lowest BCUT2D eigenvalue weighted by atomic mass is 10.1. The van der Waals surface area contributed by atoms with Crippen molar-refractivity contribution in [2.24, 2.45) is 0 Å². The van der Waals surface area contributed by atoms with Crippen molar-refractivity contribution in [3.8, 4) is 0 Å². The first-order valence-corrected chi connectivity index (χ1v) is 27.5. The third-order valence-corrected chi connectivity index (χ3v) is 13.2. The van der Waals surface area contributed by atoms with Gasteiger partial charge in [0.05, 0.1) is 0 Å². The van der Waals surface area contributed by atoms with E-state index in [2.05, 4.69) is 61.1 Å². The average Bonchev–Trinajstić information content (AvgIpc) is 3.23. The topological polar surface area (TPSA) is 13.0 Å². The zero-order chi connectivity index (χ0) is 42.3. The molecule has 0 rings (SSSR count). The van der Waals surface area contributed by atoms with E-state index < -0.39 is 0 Å². The van der Waals surface area contributed by atoms with Crippen LogP contribution in [0.15, 0.2) is 0 Å². The van der Waals surface area contributed by atoms with Crippen LogP contribution in [-0.2, 0) is 0 Å². The first-order chi connectivity index (χ1) is 28.6.